The molecule has 0 radical (unpaired) electrons. The van der Waals surface area contributed by atoms with Crippen LogP contribution >= 0.6 is 0 Å². The van der Waals surface area contributed by atoms with E-state index in [1.807, 2.05) is 39.0 Å². The molecule has 0 bridgehead atoms. The summed E-state index contributed by atoms with van der Waals surface area (Å²) in [6, 6.07) is 5.28. The smallest absolute Gasteiger partial charge is 0.407 e. The normalized spacial score (nSPS) is 22.3. The number of fused-ring (bicyclic) bond motifs is 1. The Bertz CT molecular complexity index is 1200. The van der Waals surface area contributed by atoms with Crippen LogP contribution in [0.2, 0.25) is 0 Å². The number of amides is 3. The Balaban J connectivity index is 1.26. The van der Waals surface area contributed by atoms with Crippen LogP contribution in [-0.2, 0) is 26.1 Å². The van der Waals surface area contributed by atoms with Gasteiger partial charge in [0.1, 0.15) is 11.6 Å². The van der Waals surface area contributed by atoms with Gasteiger partial charge in [-0.05, 0) is 76.5 Å². The van der Waals surface area contributed by atoms with Gasteiger partial charge in [-0.15, -0.1) is 0 Å². The molecule has 1 unspecified atom stereocenters. The fourth-order valence-corrected chi connectivity index (χ4v) is 4.82. The molecule has 10 nitrogen and oxygen atoms in total. The highest BCUT2D eigenvalue weighted by Crippen LogP contribution is 2.39. The van der Waals surface area contributed by atoms with Crippen molar-refractivity contribution in [3.63, 3.8) is 0 Å². The monoisotopic (exact) mass is 500 g/mol. The van der Waals surface area contributed by atoms with Crippen molar-refractivity contribution in [2.45, 2.75) is 83.0 Å². The number of ether oxygens (including phenoxy) is 2. The number of rotatable bonds is 8. The number of carbonyl (C=O) groups excluding carboxylic acids is 3. The minimum absolute atomic E-state index is 0.210. The van der Waals surface area contributed by atoms with Gasteiger partial charge in [-0.2, -0.15) is 0 Å². The first-order valence-corrected chi connectivity index (χ1v) is 12.7. The summed E-state index contributed by atoms with van der Waals surface area (Å²) in [5.74, 6) is -0.363. The average molecular weight is 501 g/mol. The summed E-state index contributed by atoms with van der Waals surface area (Å²) in [6.07, 6.45) is 3.88. The highest BCUT2D eigenvalue weighted by molar-refractivity contribution is 6.00. The molecule has 2 heterocycles. The van der Waals surface area contributed by atoms with E-state index in [0.29, 0.717) is 31.0 Å². The molecule has 1 aliphatic carbocycles. The van der Waals surface area contributed by atoms with Gasteiger partial charge in [0.2, 0.25) is 11.8 Å². The number of imide groups is 1. The summed E-state index contributed by atoms with van der Waals surface area (Å²) in [7, 11) is 1.71. The molecule has 2 N–H and O–H groups in total. The molecule has 0 spiro atoms. The van der Waals surface area contributed by atoms with Crippen LogP contribution in [0.5, 0.6) is 0 Å². The van der Waals surface area contributed by atoms with E-state index in [4.69, 9.17) is 9.47 Å². The fourth-order valence-electron chi connectivity index (χ4n) is 4.82. The maximum Gasteiger partial charge on any atom is 0.407 e. The molecule has 196 valence electrons. The van der Waals surface area contributed by atoms with Crippen molar-refractivity contribution in [3.8, 4) is 0 Å². The lowest BCUT2D eigenvalue weighted by atomic mass is 9.77. The molecule has 1 saturated carbocycles. The van der Waals surface area contributed by atoms with Crippen LogP contribution in [0, 0.1) is 0 Å². The number of imidazole rings is 1. The Morgan fingerprint density at radius 2 is 1.89 bits per heavy atom. The van der Waals surface area contributed by atoms with Crippen molar-refractivity contribution < 1.29 is 23.9 Å². The van der Waals surface area contributed by atoms with Gasteiger partial charge in [0.15, 0.2) is 0 Å². The van der Waals surface area contributed by atoms with Crippen molar-refractivity contribution in [3.05, 3.63) is 34.2 Å². The van der Waals surface area contributed by atoms with Gasteiger partial charge in [0, 0.05) is 26.6 Å². The number of nitrogens with zero attached hydrogens (tertiary/aromatic N) is 2. The predicted molar refractivity (Wildman–Crippen MR) is 134 cm³/mol. The third kappa shape index (κ3) is 5.80. The zero-order valence-corrected chi connectivity index (χ0v) is 21.5. The van der Waals surface area contributed by atoms with Crippen molar-refractivity contribution in [2.75, 3.05) is 13.2 Å². The van der Waals surface area contributed by atoms with E-state index in [-0.39, 0.29) is 24.1 Å². The summed E-state index contributed by atoms with van der Waals surface area (Å²) in [5, 5.41) is 5.09. The maximum atomic E-state index is 12.9. The molecular weight excluding hydrogens is 464 g/mol. The topological polar surface area (TPSA) is 121 Å². The molecule has 1 atom stereocenters. The van der Waals surface area contributed by atoms with Crippen LogP contribution in [0.1, 0.15) is 76.8 Å². The standard InChI is InChI=1S/C26H36N4O6/c1-26(2,3)36-24(33)27-11-5-6-12-35-18-13-17(14-18)16-7-8-19-21(15-16)29(4)25(34)30(19)20-9-10-22(31)28-23(20)32/h7-8,15,17-18,20H,5-6,9-14H2,1-4H3,(H,27,33)(H,28,31,32). The summed E-state index contributed by atoms with van der Waals surface area (Å²) in [6.45, 7) is 6.72. The van der Waals surface area contributed by atoms with Gasteiger partial charge in [-0.1, -0.05) is 6.07 Å². The fraction of sp³-hybridized carbons (Fsp3) is 0.615. The third-order valence-electron chi connectivity index (χ3n) is 6.79. The number of hydrogen-bond donors (Lipinski definition) is 2. The summed E-state index contributed by atoms with van der Waals surface area (Å²) in [5.41, 5.74) is 1.88. The van der Waals surface area contributed by atoms with Gasteiger partial charge >= 0.3 is 11.8 Å². The number of hydrogen-bond acceptors (Lipinski definition) is 6. The van der Waals surface area contributed by atoms with E-state index in [9.17, 15) is 19.2 Å². The largest absolute Gasteiger partial charge is 0.444 e. The Morgan fingerprint density at radius 3 is 2.58 bits per heavy atom. The molecule has 1 saturated heterocycles. The summed E-state index contributed by atoms with van der Waals surface area (Å²) >= 11 is 0. The number of alkyl carbamates (subject to hydrolysis) is 1. The van der Waals surface area contributed by atoms with Crippen molar-refractivity contribution in [2.24, 2.45) is 7.05 Å². The Hall–Kier alpha value is -3.14. The van der Waals surface area contributed by atoms with Crippen molar-refractivity contribution in [1.82, 2.24) is 19.8 Å². The quantitative estimate of drug-likeness (QED) is 0.425. The maximum absolute atomic E-state index is 12.9. The number of nitrogens with one attached hydrogen (secondary N) is 2. The second-order valence-electron chi connectivity index (χ2n) is 10.7. The van der Waals surface area contributed by atoms with Crippen LogP contribution < -0.4 is 16.3 Å². The number of benzene rings is 1. The second-order valence-corrected chi connectivity index (χ2v) is 10.7. The molecule has 4 rings (SSSR count). The zero-order chi connectivity index (χ0) is 26.0. The molecule has 2 aliphatic rings. The Labute approximate surface area is 210 Å². The number of unbranched alkanes of at least 4 members (excludes halogenated alkanes) is 1. The predicted octanol–water partition coefficient (Wildman–Crippen LogP) is 2.89. The first kappa shape index (κ1) is 25.9. The molecule has 2 aromatic rings. The van der Waals surface area contributed by atoms with E-state index in [2.05, 4.69) is 10.6 Å². The van der Waals surface area contributed by atoms with Crippen molar-refractivity contribution >= 4 is 28.9 Å². The second kappa shape index (κ2) is 10.5. The lowest BCUT2D eigenvalue weighted by molar-refractivity contribution is -0.135. The summed E-state index contributed by atoms with van der Waals surface area (Å²) in [4.78, 5) is 48.5. The molecular formula is C26H36N4O6. The van der Waals surface area contributed by atoms with E-state index in [0.717, 1.165) is 36.8 Å². The molecule has 10 heteroatoms. The van der Waals surface area contributed by atoms with Gasteiger partial charge in [-0.3, -0.25) is 24.0 Å². The van der Waals surface area contributed by atoms with Gasteiger partial charge in [0.05, 0.1) is 17.1 Å². The van der Waals surface area contributed by atoms with Crippen LogP contribution in [-0.4, -0.2) is 51.9 Å². The molecule has 1 aromatic heterocycles. The van der Waals surface area contributed by atoms with Crippen LogP contribution in [0.3, 0.4) is 0 Å². The van der Waals surface area contributed by atoms with Gasteiger partial charge in [0.25, 0.3) is 0 Å². The molecule has 1 aliphatic heterocycles. The van der Waals surface area contributed by atoms with E-state index >= 15 is 0 Å². The van der Waals surface area contributed by atoms with E-state index < -0.39 is 23.6 Å². The van der Waals surface area contributed by atoms with E-state index in [1.54, 1.807) is 11.6 Å². The van der Waals surface area contributed by atoms with Crippen molar-refractivity contribution in [1.29, 1.82) is 0 Å². The number of carbonyl (C=O) groups is 3. The van der Waals surface area contributed by atoms with E-state index in [1.165, 1.54) is 4.57 Å². The molecule has 36 heavy (non-hydrogen) atoms. The number of aromatic nitrogens is 2. The Kier molecular flexibility index (Phi) is 7.54. The van der Waals surface area contributed by atoms with Crippen LogP contribution in [0.4, 0.5) is 4.79 Å². The minimum atomic E-state index is -0.675. The first-order chi connectivity index (χ1) is 17.0. The highest BCUT2D eigenvalue weighted by atomic mass is 16.6. The average Bonchev–Trinajstić information content (AvgIpc) is 3.00. The van der Waals surface area contributed by atoms with Crippen LogP contribution in [0.15, 0.2) is 23.0 Å². The third-order valence-corrected chi connectivity index (χ3v) is 6.79. The number of piperidine rings is 1. The first-order valence-electron chi connectivity index (χ1n) is 12.7. The summed E-state index contributed by atoms with van der Waals surface area (Å²) < 4.78 is 14.3. The molecule has 1 aromatic carbocycles. The zero-order valence-electron chi connectivity index (χ0n) is 21.5. The lowest BCUT2D eigenvalue weighted by Gasteiger charge is -2.35. The highest BCUT2D eigenvalue weighted by Gasteiger charge is 2.33. The number of aryl methyl sites for hydroxylation is 1. The van der Waals surface area contributed by atoms with Gasteiger partial charge in [-0.25, -0.2) is 9.59 Å². The molecule has 2 fully saturated rings. The molecule has 3 amide bonds. The Morgan fingerprint density at radius 1 is 1.14 bits per heavy atom. The SMILES string of the molecule is Cn1c(=O)n(C2CCC(=O)NC2=O)c2ccc(C3CC(OCCCCNC(=O)OC(C)(C)C)C3)cc21. The minimum Gasteiger partial charge on any atom is -0.444 e. The van der Waals surface area contributed by atoms with Gasteiger partial charge < -0.3 is 14.8 Å². The van der Waals surface area contributed by atoms with Crippen LogP contribution in [0.25, 0.3) is 11.0 Å². The lowest BCUT2D eigenvalue weighted by Crippen LogP contribution is -2.44.